The molecule has 0 N–H and O–H groups in total. The van der Waals surface area contributed by atoms with Crippen LogP contribution in [0.3, 0.4) is 0 Å². The van der Waals surface area contributed by atoms with Gasteiger partial charge in [-0.25, -0.2) is 9.97 Å². The first kappa shape index (κ1) is 17.0. The second-order valence-corrected chi connectivity index (χ2v) is 7.27. The lowest BCUT2D eigenvalue weighted by atomic mass is 10.2. The second kappa shape index (κ2) is 6.80. The fraction of sp³-hybridized carbons (Fsp3) is 0.190. The van der Waals surface area contributed by atoms with Gasteiger partial charge in [-0.3, -0.25) is 4.79 Å². The fourth-order valence-corrected chi connectivity index (χ4v) is 3.99. The molecule has 0 aliphatic carbocycles. The molecule has 0 spiro atoms. The number of halogens is 1. The Morgan fingerprint density at radius 1 is 1.18 bits per heavy atom. The van der Waals surface area contributed by atoms with Crippen molar-refractivity contribution in [2.24, 2.45) is 0 Å². The van der Waals surface area contributed by atoms with E-state index < -0.39 is 0 Å². The monoisotopic (exact) mass is 392 g/mol. The van der Waals surface area contributed by atoms with E-state index in [0.717, 1.165) is 23.4 Å². The van der Waals surface area contributed by atoms with Crippen molar-refractivity contribution in [1.29, 1.82) is 0 Å². The van der Waals surface area contributed by atoms with Gasteiger partial charge in [-0.05, 0) is 48.9 Å². The molecule has 1 aromatic carbocycles. The van der Waals surface area contributed by atoms with Crippen LogP contribution in [-0.2, 0) is 0 Å². The van der Waals surface area contributed by atoms with Crippen LogP contribution in [0.15, 0.2) is 65.4 Å². The molecule has 3 aromatic heterocycles. The zero-order valence-electron chi connectivity index (χ0n) is 15.0. The number of carbonyl (C=O) groups is 1. The van der Waals surface area contributed by atoms with Crippen molar-refractivity contribution in [3.05, 3.63) is 71.6 Å². The molecule has 1 fully saturated rings. The number of likely N-dealkylation sites (tertiary alicyclic amines) is 1. The largest absolute Gasteiger partial charge is 0.461 e. The molecule has 5 rings (SSSR count). The third-order valence-electron chi connectivity index (χ3n) is 5.08. The highest BCUT2D eigenvalue weighted by Crippen LogP contribution is 2.32. The minimum absolute atomic E-state index is 0.0121. The molecule has 1 atom stereocenters. The third-order valence-corrected chi connectivity index (χ3v) is 5.31. The number of aromatic nitrogens is 3. The van der Waals surface area contributed by atoms with Gasteiger partial charge in [0.1, 0.15) is 5.52 Å². The number of pyridine rings is 1. The molecule has 4 heterocycles. The number of nitrogens with zero attached hydrogens (tertiary/aromatic N) is 4. The summed E-state index contributed by atoms with van der Waals surface area (Å²) in [5.41, 5.74) is 2.22. The zero-order valence-corrected chi connectivity index (χ0v) is 15.7. The van der Waals surface area contributed by atoms with Gasteiger partial charge in [-0.15, -0.1) is 0 Å². The van der Waals surface area contributed by atoms with E-state index in [-0.39, 0.29) is 11.9 Å². The van der Waals surface area contributed by atoms with Gasteiger partial charge in [0.2, 0.25) is 0 Å². The maximum Gasteiger partial charge on any atom is 0.253 e. The molecule has 7 heteroatoms. The predicted octanol–water partition coefficient (Wildman–Crippen LogP) is 4.43. The van der Waals surface area contributed by atoms with Gasteiger partial charge < -0.3 is 13.9 Å². The number of fused-ring (bicyclic) bond motifs is 1. The molecule has 0 radical (unpaired) electrons. The van der Waals surface area contributed by atoms with Crippen molar-refractivity contribution in [3.63, 3.8) is 0 Å². The molecule has 1 saturated heterocycles. The number of imidazole rings is 1. The summed E-state index contributed by atoms with van der Waals surface area (Å²) in [7, 11) is 0. The van der Waals surface area contributed by atoms with Gasteiger partial charge in [-0.1, -0.05) is 17.7 Å². The highest BCUT2D eigenvalue weighted by molar-refractivity contribution is 6.30. The van der Waals surface area contributed by atoms with Gasteiger partial charge in [0, 0.05) is 29.9 Å². The molecule has 6 nitrogen and oxygen atoms in total. The first-order valence-corrected chi connectivity index (χ1v) is 9.50. The number of carbonyl (C=O) groups excluding carboxylic acids is 1. The van der Waals surface area contributed by atoms with Crippen LogP contribution in [-0.4, -0.2) is 38.4 Å². The molecule has 4 aromatic rings. The van der Waals surface area contributed by atoms with Crippen molar-refractivity contribution < 1.29 is 9.21 Å². The van der Waals surface area contributed by atoms with Crippen molar-refractivity contribution in [3.8, 4) is 11.6 Å². The lowest BCUT2D eigenvalue weighted by molar-refractivity contribution is 0.0788. The van der Waals surface area contributed by atoms with Crippen molar-refractivity contribution in [1.82, 2.24) is 19.4 Å². The fourth-order valence-electron chi connectivity index (χ4n) is 3.80. The predicted molar refractivity (Wildman–Crippen MR) is 106 cm³/mol. The third kappa shape index (κ3) is 2.86. The summed E-state index contributed by atoms with van der Waals surface area (Å²) in [6.07, 6.45) is 4.22. The number of rotatable bonds is 3. The van der Waals surface area contributed by atoms with E-state index in [9.17, 15) is 4.79 Å². The Morgan fingerprint density at radius 2 is 2.11 bits per heavy atom. The zero-order chi connectivity index (χ0) is 19.1. The maximum absolute atomic E-state index is 12.9. The summed E-state index contributed by atoms with van der Waals surface area (Å²) in [5, 5.41) is 0.562. The van der Waals surface area contributed by atoms with Crippen LogP contribution in [0.1, 0.15) is 22.8 Å². The van der Waals surface area contributed by atoms with Crippen LogP contribution in [0.5, 0.6) is 0 Å². The smallest absolute Gasteiger partial charge is 0.253 e. The summed E-state index contributed by atoms with van der Waals surface area (Å²) in [6, 6.07) is 14.7. The summed E-state index contributed by atoms with van der Waals surface area (Å²) in [4.78, 5) is 24.0. The lowest BCUT2D eigenvalue weighted by Gasteiger charge is -2.18. The molecule has 140 valence electrons. The van der Waals surface area contributed by atoms with Crippen LogP contribution < -0.4 is 0 Å². The molecule has 0 unspecified atom stereocenters. The average molecular weight is 393 g/mol. The van der Waals surface area contributed by atoms with E-state index in [1.54, 1.807) is 36.7 Å². The minimum atomic E-state index is -0.0121. The van der Waals surface area contributed by atoms with E-state index >= 15 is 0 Å². The Morgan fingerprint density at radius 3 is 2.93 bits per heavy atom. The topological polar surface area (TPSA) is 64.2 Å². The van der Waals surface area contributed by atoms with Gasteiger partial charge in [0.05, 0.1) is 12.3 Å². The number of hydrogen-bond donors (Lipinski definition) is 0. The van der Waals surface area contributed by atoms with E-state index in [1.807, 2.05) is 29.2 Å². The maximum atomic E-state index is 12.9. The number of benzene rings is 1. The molecule has 0 bridgehead atoms. The molecular formula is C21H17ClN4O2. The van der Waals surface area contributed by atoms with Crippen LogP contribution in [0.25, 0.3) is 22.7 Å². The lowest BCUT2D eigenvalue weighted by Crippen LogP contribution is -2.29. The Balaban J connectivity index is 1.50. The Hall–Kier alpha value is -3.12. The summed E-state index contributed by atoms with van der Waals surface area (Å²) >= 11 is 6.05. The molecule has 1 amide bonds. The second-order valence-electron chi connectivity index (χ2n) is 6.83. The van der Waals surface area contributed by atoms with Crippen LogP contribution >= 0.6 is 11.6 Å². The Labute approximate surface area is 166 Å². The van der Waals surface area contributed by atoms with Gasteiger partial charge in [0.25, 0.3) is 5.91 Å². The van der Waals surface area contributed by atoms with E-state index in [4.69, 9.17) is 21.0 Å². The quantitative estimate of drug-likeness (QED) is 0.517. The summed E-state index contributed by atoms with van der Waals surface area (Å²) in [6.45, 7) is 1.25. The average Bonchev–Trinajstić information content (AvgIpc) is 3.45. The van der Waals surface area contributed by atoms with Crippen LogP contribution in [0.2, 0.25) is 5.02 Å². The molecule has 28 heavy (non-hydrogen) atoms. The Kier molecular flexibility index (Phi) is 4.13. The first-order valence-electron chi connectivity index (χ1n) is 9.12. The molecule has 0 saturated carbocycles. The van der Waals surface area contributed by atoms with E-state index in [2.05, 4.69) is 9.55 Å². The summed E-state index contributed by atoms with van der Waals surface area (Å²) < 4.78 is 7.70. The standard InChI is InChI=1S/C21H17ClN4O2/c22-15-5-1-4-14(12-15)21(27)25-10-8-16(13-25)26-19-17(6-2-9-23-19)24-20(26)18-7-3-11-28-18/h1-7,9,11-12,16H,8,10,13H2/t16-/m1/s1. The number of hydrogen-bond acceptors (Lipinski definition) is 4. The molecule has 1 aliphatic rings. The number of furan rings is 1. The van der Waals surface area contributed by atoms with Crippen LogP contribution in [0.4, 0.5) is 0 Å². The van der Waals surface area contributed by atoms with Crippen molar-refractivity contribution >= 4 is 28.7 Å². The van der Waals surface area contributed by atoms with E-state index in [0.29, 0.717) is 29.4 Å². The van der Waals surface area contributed by atoms with E-state index in [1.165, 1.54) is 0 Å². The van der Waals surface area contributed by atoms with Crippen molar-refractivity contribution in [2.75, 3.05) is 13.1 Å². The normalized spacial score (nSPS) is 16.8. The van der Waals surface area contributed by atoms with Gasteiger partial charge in [-0.2, -0.15) is 0 Å². The Bertz CT molecular complexity index is 1150. The molecular weight excluding hydrogens is 376 g/mol. The molecule has 1 aliphatic heterocycles. The first-order chi connectivity index (χ1) is 13.7. The summed E-state index contributed by atoms with van der Waals surface area (Å²) in [5.74, 6) is 1.42. The SMILES string of the molecule is O=C(c1cccc(Cl)c1)N1CC[C@@H](n2c(-c3ccco3)nc3cccnc32)C1. The van der Waals surface area contributed by atoms with Gasteiger partial charge >= 0.3 is 0 Å². The number of amides is 1. The van der Waals surface area contributed by atoms with Gasteiger partial charge in [0.15, 0.2) is 17.2 Å². The highest BCUT2D eigenvalue weighted by atomic mass is 35.5. The minimum Gasteiger partial charge on any atom is -0.461 e. The van der Waals surface area contributed by atoms with Crippen LogP contribution in [0, 0.1) is 0 Å². The van der Waals surface area contributed by atoms with Crippen molar-refractivity contribution in [2.45, 2.75) is 12.5 Å². The highest BCUT2D eigenvalue weighted by Gasteiger charge is 2.31.